The number of nitrogens with one attached hydrogen (secondary N) is 1. The van der Waals surface area contributed by atoms with E-state index in [1.165, 1.54) is 16.9 Å². The fourth-order valence-electron chi connectivity index (χ4n) is 2.24. The first-order valence-electron chi connectivity index (χ1n) is 7.45. The van der Waals surface area contributed by atoms with Crippen LogP contribution < -0.4 is 10.1 Å². The van der Waals surface area contributed by atoms with Crippen molar-refractivity contribution in [3.05, 3.63) is 41.3 Å². The number of hydrogen-bond donors (Lipinski definition) is 1. The number of hydrogen-bond acceptors (Lipinski definition) is 8. The molecule has 2 heterocycles. The molecule has 1 aromatic carbocycles. The summed E-state index contributed by atoms with van der Waals surface area (Å²) in [6.07, 6.45) is 0.907. The summed E-state index contributed by atoms with van der Waals surface area (Å²) in [5.41, 5.74) is 3.07. The third kappa shape index (κ3) is 4.07. The molecule has 3 aromatic rings. The Morgan fingerprint density at radius 1 is 1.29 bits per heavy atom. The smallest absolute Gasteiger partial charge is 0.210 e. The van der Waals surface area contributed by atoms with E-state index in [4.69, 9.17) is 9.26 Å². The second-order valence-electron chi connectivity index (χ2n) is 5.13. The monoisotopic (exact) mass is 362 g/mol. The molecular formula is C16H18N4O2S2. The van der Waals surface area contributed by atoms with Crippen molar-refractivity contribution in [2.75, 3.05) is 18.2 Å². The molecule has 24 heavy (non-hydrogen) atoms. The first-order chi connectivity index (χ1) is 11.7. The largest absolute Gasteiger partial charge is 0.497 e. The highest BCUT2D eigenvalue weighted by atomic mass is 32.2. The molecule has 0 bridgehead atoms. The predicted molar refractivity (Wildman–Crippen MR) is 96.6 cm³/mol. The lowest BCUT2D eigenvalue weighted by atomic mass is 10.1. The second-order valence-corrected chi connectivity index (χ2v) is 7.45. The number of aryl methyl sites for hydroxylation is 2. The maximum atomic E-state index is 5.22. The molecule has 8 heteroatoms. The van der Waals surface area contributed by atoms with E-state index in [0.717, 1.165) is 44.5 Å². The van der Waals surface area contributed by atoms with Gasteiger partial charge in [0.05, 0.1) is 12.8 Å². The highest BCUT2D eigenvalue weighted by Crippen LogP contribution is 2.29. The van der Waals surface area contributed by atoms with Crippen molar-refractivity contribution in [3.8, 4) is 5.75 Å². The average Bonchev–Trinajstić information content (AvgIpc) is 3.16. The number of methoxy groups -OCH3 is 1. The molecule has 0 aliphatic carbocycles. The number of anilines is 2. The Balaban J connectivity index is 1.55. The van der Waals surface area contributed by atoms with Gasteiger partial charge in [0, 0.05) is 23.1 Å². The van der Waals surface area contributed by atoms with Crippen LogP contribution in [0.15, 0.2) is 33.1 Å². The topological polar surface area (TPSA) is 73.1 Å². The minimum Gasteiger partial charge on any atom is -0.497 e. The van der Waals surface area contributed by atoms with Crippen molar-refractivity contribution in [1.29, 1.82) is 0 Å². The standard InChI is InChI=1S/C16H18N4O2S2/c1-10-14(11(2)22-20-10)7-8-23-16-19-18-15(24-16)17-12-5-4-6-13(9-12)21-3/h4-6,9H,7-8H2,1-3H3,(H,17,18). The van der Waals surface area contributed by atoms with Crippen LogP contribution in [0, 0.1) is 13.8 Å². The van der Waals surface area contributed by atoms with Crippen molar-refractivity contribution in [2.24, 2.45) is 0 Å². The normalized spacial score (nSPS) is 10.8. The van der Waals surface area contributed by atoms with Crippen LogP contribution in [-0.4, -0.2) is 28.2 Å². The summed E-state index contributed by atoms with van der Waals surface area (Å²) in [5.74, 6) is 2.61. The van der Waals surface area contributed by atoms with Gasteiger partial charge in [-0.05, 0) is 32.4 Å². The number of rotatable bonds is 7. The second kappa shape index (κ2) is 7.67. The van der Waals surface area contributed by atoms with Crippen molar-refractivity contribution in [1.82, 2.24) is 15.4 Å². The molecule has 0 aliphatic rings. The van der Waals surface area contributed by atoms with Crippen molar-refractivity contribution in [2.45, 2.75) is 24.6 Å². The van der Waals surface area contributed by atoms with Gasteiger partial charge in [-0.25, -0.2) is 0 Å². The molecule has 0 saturated heterocycles. The molecule has 3 rings (SSSR count). The molecule has 0 atom stereocenters. The van der Waals surface area contributed by atoms with E-state index in [1.54, 1.807) is 18.9 Å². The van der Waals surface area contributed by atoms with Gasteiger partial charge in [0.2, 0.25) is 5.13 Å². The molecule has 1 N–H and O–H groups in total. The van der Waals surface area contributed by atoms with Crippen molar-refractivity contribution >= 4 is 33.9 Å². The maximum absolute atomic E-state index is 5.22. The summed E-state index contributed by atoms with van der Waals surface area (Å²) in [5, 5.41) is 16.4. The first kappa shape index (κ1) is 16.8. The fraction of sp³-hybridized carbons (Fsp3) is 0.312. The van der Waals surface area contributed by atoms with E-state index in [1.807, 2.05) is 38.1 Å². The molecule has 0 amide bonds. The molecule has 0 unspecified atom stereocenters. The fourth-order valence-corrected chi connectivity index (χ4v) is 4.04. The minimum absolute atomic E-state index is 0.767. The van der Waals surface area contributed by atoms with Gasteiger partial charge >= 0.3 is 0 Å². The van der Waals surface area contributed by atoms with E-state index in [-0.39, 0.29) is 0 Å². The quantitative estimate of drug-likeness (QED) is 0.630. The van der Waals surface area contributed by atoms with Crippen LogP contribution in [0.3, 0.4) is 0 Å². The Kier molecular flexibility index (Phi) is 5.37. The lowest BCUT2D eigenvalue weighted by Crippen LogP contribution is -1.91. The van der Waals surface area contributed by atoms with Gasteiger partial charge in [0.15, 0.2) is 4.34 Å². The van der Waals surface area contributed by atoms with Gasteiger partial charge in [-0.2, -0.15) is 0 Å². The van der Waals surface area contributed by atoms with Crippen LogP contribution in [0.1, 0.15) is 17.0 Å². The first-order valence-corrected chi connectivity index (χ1v) is 9.25. The van der Waals surface area contributed by atoms with Gasteiger partial charge in [-0.15, -0.1) is 10.2 Å². The summed E-state index contributed by atoms with van der Waals surface area (Å²) < 4.78 is 11.3. The Labute approximate surface area is 148 Å². The van der Waals surface area contributed by atoms with E-state index in [2.05, 4.69) is 20.7 Å². The van der Waals surface area contributed by atoms with Crippen molar-refractivity contribution < 1.29 is 9.26 Å². The van der Waals surface area contributed by atoms with Crippen LogP contribution >= 0.6 is 23.1 Å². The number of thioether (sulfide) groups is 1. The van der Waals surface area contributed by atoms with Crippen LogP contribution in [-0.2, 0) is 6.42 Å². The van der Waals surface area contributed by atoms with E-state index >= 15 is 0 Å². The summed E-state index contributed by atoms with van der Waals surface area (Å²) in [4.78, 5) is 0. The Morgan fingerprint density at radius 2 is 2.17 bits per heavy atom. The van der Waals surface area contributed by atoms with Crippen molar-refractivity contribution in [3.63, 3.8) is 0 Å². The number of benzene rings is 1. The molecule has 0 aliphatic heterocycles. The zero-order valence-electron chi connectivity index (χ0n) is 13.7. The van der Waals surface area contributed by atoms with Gasteiger partial charge in [0.25, 0.3) is 0 Å². The van der Waals surface area contributed by atoms with Gasteiger partial charge < -0.3 is 14.6 Å². The Hall–Kier alpha value is -2.06. The summed E-state index contributed by atoms with van der Waals surface area (Å²) in [7, 11) is 1.65. The number of aromatic nitrogens is 3. The Bertz CT molecular complexity index is 797. The zero-order chi connectivity index (χ0) is 16.9. The maximum Gasteiger partial charge on any atom is 0.210 e. The van der Waals surface area contributed by atoms with Crippen LogP contribution in [0.25, 0.3) is 0 Å². The van der Waals surface area contributed by atoms with Crippen LogP contribution in [0.4, 0.5) is 10.8 Å². The highest BCUT2D eigenvalue weighted by Gasteiger charge is 2.10. The molecule has 6 nitrogen and oxygen atoms in total. The Morgan fingerprint density at radius 3 is 2.92 bits per heavy atom. The highest BCUT2D eigenvalue weighted by molar-refractivity contribution is 8.01. The van der Waals surface area contributed by atoms with E-state index < -0.39 is 0 Å². The summed E-state index contributed by atoms with van der Waals surface area (Å²) >= 11 is 3.22. The summed E-state index contributed by atoms with van der Waals surface area (Å²) in [6.45, 7) is 3.92. The third-order valence-electron chi connectivity index (χ3n) is 3.49. The van der Waals surface area contributed by atoms with Gasteiger partial charge in [0.1, 0.15) is 11.5 Å². The molecule has 0 radical (unpaired) electrons. The zero-order valence-corrected chi connectivity index (χ0v) is 15.3. The predicted octanol–water partition coefficient (Wildman–Crippen LogP) is 4.23. The van der Waals surface area contributed by atoms with Crippen LogP contribution in [0.2, 0.25) is 0 Å². The molecule has 0 fully saturated rings. The molecule has 2 aromatic heterocycles. The number of ether oxygens (including phenoxy) is 1. The van der Waals surface area contributed by atoms with Gasteiger partial charge in [-0.3, -0.25) is 0 Å². The minimum atomic E-state index is 0.767. The van der Waals surface area contributed by atoms with Gasteiger partial charge in [-0.1, -0.05) is 34.3 Å². The molecule has 126 valence electrons. The lowest BCUT2D eigenvalue weighted by molar-refractivity contribution is 0.392. The lowest BCUT2D eigenvalue weighted by Gasteiger charge is -2.04. The number of nitrogens with zero attached hydrogens (tertiary/aromatic N) is 3. The SMILES string of the molecule is COc1cccc(Nc2nnc(SCCc3c(C)noc3C)s2)c1. The third-order valence-corrected chi connectivity index (χ3v) is 5.46. The van der Waals surface area contributed by atoms with E-state index in [9.17, 15) is 0 Å². The molecule has 0 spiro atoms. The summed E-state index contributed by atoms with van der Waals surface area (Å²) in [6, 6.07) is 7.72. The van der Waals surface area contributed by atoms with Crippen LogP contribution in [0.5, 0.6) is 5.75 Å². The van der Waals surface area contributed by atoms with E-state index in [0.29, 0.717) is 0 Å². The average molecular weight is 362 g/mol. The molecular weight excluding hydrogens is 344 g/mol. The molecule has 0 saturated carbocycles.